The van der Waals surface area contributed by atoms with Crippen LogP contribution in [0.4, 0.5) is 0 Å². The van der Waals surface area contributed by atoms with Crippen LogP contribution in [0.25, 0.3) is 0 Å². The molecule has 0 aliphatic rings. The third-order valence-corrected chi connectivity index (χ3v) is 3.21. The van der Waals surface area contributed by atoms with Crippen LogP contribution < -0.4 is 5.32 Å². The zero-order chi connectivity index (χ0) is 13.9. The quantitative estimate of drug-likeness (QED) is 0.681. The molecule has 0 rings (SSSR count). The Morgan fingerprint density at radius 2 is 1.41 bits per heavy atom. The summed E-state index contributed by atoms with van der Waals surface area (Å²) in [5, 5.41) is 3.56. The summed E-state index contributed by atoms with van der Waals surface area (Å²) in [7, 11) is 0. The van der Waals surface area contributed by atoms with Crippen LogP contribution in [-0.2, 0) is 0 Å². The molecule has 102 valence electrons. The molecule has 0 saturated carbocycles. The Kier molecular flexibility index (Phi) is 5.46. The summed E-state index contributed by atoms with van der Waals surface area (Å²) in [4.78, 5) is 0. The maximum Gasteiger partial charge on any atom is 0.00965 e. The molecule has 0 aliphatic heterocycles. The van der Waals surface area contributed by atoms with Gasteiger partial charge in [0.15, 0.2) is 0 Å². The summed E-state index contributed by atoms with van der Waals surface area (Å²) in [6, 6.07) is 0. The molecule has 0 atom stereocenters. The molecule has 0 unspecified atom stereocenters. The standard InChI is InChI=1S/C16H33N/c1-13(14(2,3)4)12-16(8,9)10-11-17-15(5,6)7/h17H,1,10-12H2,2-9H3. The van der Waals surface area contributed by atoms with E-state index in [4.69, 9.17) is 0 Å². The number of rotatable bonds is 5. The predicted octanol–water partition coefficient (Wildman–Crippen LogP) is 4.78. The summed E-state index contributed by atoms with van der Waals surface area (Å²) >= 11 is 0. The normalized spacial score (nSPS) is 13.9. The first-order chi connectivity index (χ1) is 7.33. The van der Waals surface area contributed by atoms with Gasteiger partial charge in [0, 0.05) is 5.54 Å². The zero-order valence-corrected chi connectivity index (χ0v) is 13.3. The first kappa shape index (κ1) is 16.7. The van der Waals surface area contributed by atoms with E-state index in [0.29, 0.717) is 5.41 Å². The summed E-state index contributed by atoms with van der Waals surface area (Å²) in [5.41, 5.74) is 2.15. The van der Waals surface area contributed by atoms with Crippen molar-refractivity contribution in [2.45, 2.75) is 73.8 Å². The van der Waals surface area contributed by atoms with E-state index in [2.05, 4.69) is 67.3 Å². The summed E-state index contributed by atoms with van der Waals surface area (Å²) in [5.74, 6) is 0. The predicted molar refractivity (Wildman–Crippen MR) is 79.4 cm³/mol. The fraction of sp³-hybridized carbons (Fsp3) is 0.875. The minimum absolute atomic E-state index is 0.219. The van der Waals surface area contributed by atoms with Gasteiger partial charge in [-0.2, -0.15) is 0 Å². The Morgan fingerprint density at radius 3 is 1.76 bits per heavy atom. The highest BCUT2D eigenvalue weighted by Gasteiger charge is 2.24. The van der Waals surface area contributed by atoms with E-state index in [-0.39, 0.29) is 11.0 Å². The highest BCUT2D eigenvalue weighted by Crippen LogP contribution is 2.36. The second-order valence-electron chi connectivity index (χ2n) is 8.12. The third kappa shape index (κ3) is 8.43. The molecule has 1 heteroatoms. The van der Waals surface area contributed by atoms with Crippen LogP contribution >= 0.6 is 0 Å². The maximum atomic E-state index is 4.25. The topological polar surface area (TPSA) is 12.0 Å². The Bertz CT molecular complexity index is 248. The lowest BCUT2D eigenvalue weighted by Crippen LogP contribution is -2.38. The zero-order valence-electron chi connectivity index (χ0n) is 13.3. The summed E-state index contributed by atoms with van der Waals surface area (Å²) in [6.45, 7) is 23.4. The molecule has 0 amide bonds. The molecule has 0 fully saturated rings. The van der Waals surface area contributed by atoms with Gasteiger partial charge in [-0.1, -0.05) is 46.8 Å². The van der Waals surface area contributed by atoms with Crippen molar-refractivity contribution in [3.05, 3.63) is 12.2 Å². The number of nitrogens with one attached hydrogen (secondary N) is 1. The van der Waals surface area contributed by atoms with Crippen LogP contribution in [0, 0.1) is 10.8 Å². The number of hydrogen-bond acceptors (Lipinski definition) is 1. The van der Waals surface area contributed by atoms with Gasteiger partial charge in [0.1, 0.15) is 0 Å². The molecule has 0 aromatic heterocycles. The van der Waals surface area contributed by atoms with Crippen molar-refractivity contribution in [3.63, 3.8) is 0 Å². The third-order valence-electron chi connectivity index (χ3n) is 3.21. The van der Waals surface area contributed by atoms with E-state index in [1.54, 1.807) is 0 Å². The van der Waals surface area contributed by atoms with Crippen molar-refractivity contribution in [2.75, 3.05) is 6.54 Å². The van der Waals surface area contributed by atoms with E-state index < -0.39 is 0 Å². The van der Waals surface area contributed by atoms with E-state index in [0.717, 1.165) is 13.0 Å². The summed E-state index contributed by atoms with van der Waals surface area (Å²) < 4.78 is 0. The smallest absolute Gasteiger partial charge is 0.00965 e. The fourth-order valence-corrected chi connectivity index (χ4v) is 1.71. The van der Waals surface area contributed by atoms with Crippen molar-refractivity contribution in [3.8, 4) is 0 Å². The number of hydrogen-bond donors (Lipinski definition) is 1. The monoisotopic (exact) mass is 239 g/mol. The first-order valence-corrected chi connectivity index (χ1v) is 6.77. The van der Waals surface area contributed by atoms with Gasteiger partial charge >= 0.3 is 0 Å². The molecule has 0 radical (unpaired) electrons. The van der Waals surface area contributed by atoms with Crippen molar-refractivity contribution in [1.29, 1.82) is 0 Å². The van der Waals surface area contributed by atoms with Crippen LogP contribution in [0.3, 0.4) is 0 Å². The van der Waals surface area contributed by atoms with Crippen LogP contribution in [0.15, 0.2) is 12.2 Å². The molecule has 1 nitrogen and oxygen atoms in total. The van der Waals surface area contributed by atoms with Crippen LogP contribution in [0.5, 0.6) is 0 Å². The van der Waals surface area contributed by atoms with Crippen molar-refractivity contribution >= 4 is 0 Å². The first-order valence-electron chi connectivity index (χ1n) is 6.77. The van der Waals surface area contributed by atoms with Crippen molar-refractivity contribution < 1.29 is 0 Å². The fourth-order valence-electron chi connectivity index (χ4n) is 1.71. The Hall–Kier alpha value is -0.300. The molecule has 0 saturated heterocycles. The molecule has 0 aliphatic carbocycles. The van der Waals surface area contributed by atoms with Gasteiger partial charge in [-0.15, -0.1) is 0 Å². The van der Waals surface area contributed by atoms with Crippen LogP contribution in [0.1, 0.15) is 68.2 Å². The van der Waals surface area contributed by atoms with E-state index in [9.17, 15) is 0 Å². The van der Waals surface area contributed by atoms with Crippen LogP contribution in [0.2, 0.25) is 0 Å². The van der Waals surface area contributed by atoms with Gasteiger partial charge in [-0.3, -0.25) is 0 Å². The van der Waals surface area contributed by atoms with Gasteiger partial charge in [0.05, 0.1) is 0 Å². The van der Waals surface area contributed by atoms with E-state index >= 15 is 0 Å². The molecule has 0 heterocycles. The van der Waals surface area contributed by atoms with E-state index in [1.165, 1.54) is 12.0 Å². The Labute approximate surface area is 109 Å². The van der Waals surface area contributed by atoms with Gasteiger partial charge in [-0.05, 0) is 51.0 Å². The molecule has 0 aromatic rings. The van der Waals surface area contributed by atoms with Gasteiger partial charge in [-0.25, -0.2) is 0 Å². The highest BCUT2D eigenvalue weighted by molar-refractivity contribution is 5.07. The molecular formula is C16H33N. The Morgan fingerprint density at radius 1 is 0.941 bits per heavy atom. The van der Waals surface area contributed by atoms with Gasteiger partial charge in [0.25, 0.3) is 0 Å². The second-order valence-corrected chi connectivity index (χ2v) is 8.12. The minimum atomic E-state index is 0.219. The van der Waals surface area contributed by atoms with E-state index in [1.807, 2.05) is 0 Å². The lowest BCUT2D eigenvalue weighted by Gasteiger charge is -2.32. The molecule has 0 spiro atoms. The molecular weight excluding hydrogens is 206 g/mol. The largest absolute Gasteiger partial charge is 0.312 e. The van der Waals surface area contributed by atoms with Gasteiger partial charge in [0.2, 0.25) is 0 Å². The molecule has 0 bridgehead atoms. The SMILES string of the molecule is C=C(CC(C)(C)CCNC(C)(C)C)C(C)(C)C. The average Bonchev–Trinajstić information content (AvgIpc) is 1.97. The van der Waals surface area contributed by atoms with Crippen molar-refractivity contribution in [2.24, 2.45) is 10.8 Å². The van der Waals surface area contributed by atoms with Crippen LogP contribution in [-0.4, -0.2) is 12.1 Å². The van der Waals surface area contributed by atoms with Crippen molar-refractivity contribution in [1.82, 2.24) is 5.32 Å². The average molecular weight is 239 g/mol. The van der Waals surface area contributed by atoms with Gasteiger partial charge < -0.3 is 5.32 Å². The lowest BCUT2D eigenvalue weighted by molar-refractivity contribution is 0.284. The molecule has 1 N–H and O–H groups in total. The second kappa shape index (κ2) is 5.56. The molecule has 0 aromatic carbocycles. The minimum Gasteiger partial charge on any atom is -0.312 e. The highest BCUT2D eigenvalue weighted by atomic mass is 14.9. The summed E-state index contributed by atoms with van der Waals surface area (Å²) in [6.07, 6.45) is 2.31. The maximum absolute atomic E-state index is 4.25. The molecule has 17 heavy (non-hydrogen) atoms. The Balaban J connectivity index is 4.17. The number of allylic oxidation sites excluding steroid dienone is 1. The lowest BCUT2D eigenvalue weighted by atomic mass is 9.75.